The standard InChI is InChI=1S/C10H19N3O2S/c1-4-6-16(14,15)11-7-9-8-13(3)12-10(9)5-2/h8,11H,4-7H2,1-3H3. The molecule has 1 heterocycles. The van der Waals surface area contributed by atoms with Crippen molar-refractivity contribution in [3.05, 3.63) is 17.5 Å². The van der Waals surface area contributed by atoms with Crippen molar-refractivity contribution in [1.82, 2.24) is 14.5 Å². The van der Waals surface area contributed by atoms with E-state index in [1.165, 1.54) is 0 Å². The summed E-state index contributed by atoms with van der Waals surface area (Å²) in [6.07, 6.45) is 3.29. The molecule has 1 aromatic rings. The molecule has 1 aromatic heterocycles. The number of sulfonamides is 1. The van der Waals surface area contributed by atoms with Crippen molar-refractivity contribution in [2.24, 2.45) is 7.05 Å². The van der Waals surface area contributed by atoms with E-state index in [9.17, 15) is 8.42 Å². The molecule has 0 saturated heterocycles. The van der Waals surface area contributed by atoms with Crippen molar-refractivity contribution < 1.29 is 8.42 Å². The van der Waals surface area contributed by atoms with Crippen LogP contribution in [-0.2, 0) is 30.0 Å². The fraction of sp³-hybridized carbons (Fsp3) is 0.700. The van der Waals surface area contributed by atoms with Gasteiger partial charge in [-0.3, -0.25) is 4.68 Å². The monoisotopic (exact) mass is 245 g/mol. The Morgan fingerprint density at radius 3 is 2.69 bits per heavy atom. The van der Waals surface area contributed by atoms with Crippen LogP contribution in [0.2, 0.25) is 0 Å². The molecular formula is C10H19N3O2S. The topological polar surface area (TPSA) is 64.0 Å². The molecule has 0 aliphatic rings. The van der Waals surface area contributed by atoms with E-state index in [4.69, 9.17) is 0 Å². The Balaban J connectivity index is 2.67. The number of aryl methyl sites for hydroxylation is 2. The molecule has 6 heteroatoms. The normalized spacial score (nSPS) is 11.9. The average Bonchev–Trinajstić information content (AvgIpc) is 2.56. The largest absolute Gasteiger partial charge is 0.275 e. The van der Waals surface area contributed by atoms with Crippen molar-refractivity contribution in [2.45, 2.75) is 33.2 Å². The van der Waals surface area contributed by atoms with Crippen molar-refractivity contribution in [3.63, 3.8) is 0 Å². The van der Waals surface area contributed by atoms with E-state index in [0.29, 0.717) is 13.0 Å². The number of rotatable bonds is 6. The van der Waals surface area contributed by atoms with E-state index in [2.05, 4.69) is 9.82 Å². The molecule has 0 fully saturated rings. The van der Waals surface area contributed by atoms with E-state index in [1.54, 1.807) is 4.68 Å². The maximum atomic E-state index is 11.5. The molecule has 0 saturated carbocycles. The highest BCUT2D eigenvalue weighted by Gasteiger charge is 2.11. The van der Waals surface area contributed by atoms with E-state index < -0.39 is 10.0 Å². The fourth-order valence-corrected chi connectivity index (χ4v) is 2.61. The fourth-order valence-electron chi connectivity index (χ4n) is 1.56. The molecule has 0 aromatic carbocycles. The van der Waals surface area contributed by atoms with E-state index in [-0.39, 0.29) is 5.75 Å². The van der Waals surface area contributed by atoms with Crippen LogP contribution < -0.4 is 4.72 Å². The highest BCUT2D eigenvalue weighted by molar-refractivity contribution is 7.89. The summed E-state index contributed by atoms with van der Waals surface area (Å²) in [7, 11) is -1.30. The molecule has 0 bridgehead atoms. The van der Waals surface area contributed by atoms with Gasteiger partial charge in [0.2, 0.25) is 10.0 Å². The first-order chi connectivity index (χ1) is 7.48. The van der Waals surface area contributed by atoms with Gasteiger partial charge in [-0.2, -0.15) is 5.10 Å². The third-order valence-electron chi connectivity index (χ3n) is 2.28. The van der Waals surface area contributed by atoms with Crippen molar-refractivity contribution in [1.29, 1.82) is 0 Å². The van der Waals surface area contributed by atoms with Gasteiger partial charge >= 0.3 is 0 Å². The number of aromatic nitrogens is 2. The van der Waals surface area contributed by atoms with Gasteiger partial charge in [0.05, 0.1) is 11.4 Å². The van der Waals surface area contributed by atoms with Crippen molar-refractivity contribution in [2.75, 3.05) is 5.75 Å². The van der Waals surface area contributed by atoms with Crippen LogP contribution in [-0.4, -0.2) is 24.0 Å². The van der Waals surface area contributed by atoms with Gasteiger partial charge in [0.1, 0.15) is 0 Å². The smallest absolute Gasteiger partial charge is 0.211 e. The van der Waals surface area contributed by atoms with Gasteiger partial charge < -0.3 is 0 Å². The average molecular weight is 245 g/mol. The molecule has 0 spiro atoms. The maximum absolute atomic E-state index is 11.5. The summed E-state index contributed by atoms with van der Waals surface area (Å²) in [4.78, 5) is 0. The summed E-state index contributed by atoms with van der Waals surface area (Å²) < 4.78 is 27.2. The van der Waals surface area contributed by atoms with Gasteiger partial charge in [0, 0.05) is 25.4 Å². The summed E-state index contributed by atoms with van der Waals surface area (Å²) >= 11 is 0. The highest BCUT2D eigenvalue weighted by atomic mass is 32.2. The Morgan fingerprint density at radius 2 is 2.12 bits per heavy atom. The van der Waals surface area contributed by atoms with Gasteiger partial charge in [-0.15, -0.1) is 0 Å². The minimum Gasteiger partial charge on any atom is -0.275 e. The molecule has 92 valence electrons. The second-order valence-corrected chi connectivity index (χ2v) is 5.69. The predicted octanol–water partition coefficient (Wildman–Crippen LogP) is 0.812. The second-order valence-electron chi connectivity index (χ2n) is 3.77. The van der Waals surface area contributed by atoms with E-state index in [1.807, 2.05) is 27.1 Å². The third kappa shape index (κ3) is 3.61. The SMILES string of the molecule is CCCS(=O)(=O)NCc1cn(C)nc1CC. The van der Waals surface area contributed by atoms with Crippen LogP contribution >= 0.6 is 0 Å². The van der Waals surface area contributed by atoms with Crippen LogP contribution in [0.15, 0.2) is 6.20 Å². The van der Waals surface area contributed by atoms with Crippen LogP contribution in [0.1, 0.15) is 31.5 Å². The first kappa shape index (κ1) is 13.2. The summed E-state index contributed by atoms with van der Waals surface area (Å²) in [5.41, 5.74) is 1.89. The first-order valence-electron chi connectivity index (χ1n) is 5.47. The Bertz CT molecular complexity index is 437. The van der Waals surface area contributed by atoms with Crippen molar-refractivity contribution >= 4 is 10.0 Å². The number of nitrogens with zero attached hydrogens (tertiary/aromatic N) is 2. The first-order valence-corrected chi connectivity index (χ1v) is 7.12. The van der Waals surface area contributed by atoms with Crippen LogP contribution in [0, 0.1) is 0 Å². The van der Waals surface area contributed by atoms with E-state index in [0.717, 1.165) is 17.7 Å². The van der Waals surface area contributed by atoms with Crippen LogP contribution in [0.25, 0.3) is 0 Å². The lowest BCUT2D eigenvalue weighted by Crippen LogP contribution is -2.25. The molecular weight excluding hydrogens is 226 g/mol. The molecule has 0 amide bonds. The van der Waals surface area contributed by atoms with Gasteiger partial charge in [-0.1, -0.05) is 13.8 Å². The molecule has 0 radical (unpaired) electrons. The highest BCUT2D eigenvalue weighted by Crippen LogP contribution is 2.07. The minimum atomic E-state index is -3.13. The summed E-state index contributed by atoms with van der Waals surface area (Å²) in [6.45, 7) is 4.19. The molecule has 16 heavy (non-hydrogen) atoms. The van der Waals surface area contributed by atoms with Gasteiger partial charge in [-0.25, -0.2) is 13.1 Å². The zero-order valence-electron chi connectivity index (χ0n) is 10.0. The molecule has 1 N–H and O–H groups in total. The van der Waals surface area contributed by atoms with Gasteiger partial charge in [0.15, 0.2) is 0 Å². The van der Waals surface area contributed by atoms with Gasteiger partial charge in [0.25, 0.3) is 0 Å². The minimum absolute atomic E-state index is 0.175. The lowest BCUT2D eigenvalue weighted by molar-refractivity contribution is 0.579. The Kier molecular flexibility index (Phi) is 4.49. The second kappa shape index (κ2) is 5.45. The Labute approximate surface area is 96.9 Å². The van der Waals surface area contributed by atoms with Crippen LogP contribution in [0.3, 0.4) is 0 Å². The summed E-state index contributed by atoms with van der Waals surface area (Å²) in [6, 6.07) is 0. The Hall–Kier alpha value is -0.880. The van der Waals surface area contributed by atoms with E-state index >= 15 is 0 Å². The molecule has 0 aliphatic heterocycles. The predicted molar refractivity (Wildman–Crippen MR) is 63.5 cm³/mol. The molecule has 5 nitrogen and oxygen atoms in total. The zero-order valence-corrected chi connectivity index (χ0v) is 10.8. The van der Waals surface area contributed by atoms with Crippen molar-refractivity contribution in [3.8, 4) is 0 Å². The summed E-state index contributed by atoms with van der Waals surface area (Å²) in [5, 5.41) is 4.26. The zero-order chi connectivity index (χ0) is 12.2. The number of hydrogen-bond acceptors (Lipinski definition) is 3. The van der Waals surface area contributed by atoms with Gasteiger partial charge in [-0.05, 0) is 12.8 Å². The lowest BCUT2D eigenvalue weighted by atomic mass is 10.2. The maximum Gasteiger partial charge on any atom is 0.211 e. The number of hydrogen-bond donors (Lipinski definition) is 1. The molecule has 1 rings (SSSR count). The van der Waals surface area contributed by atoms with Crippen LogP contribution in [0.4, 0.5) is 0 Å². The number of nitrogens with one attached hydrogen (secondary N) is 1. The third-order valence-corrected chi connectivity index (χ3v) is 3.81. The van der Waals surface area contributed by atoms with Crippen LogP contribution in [0.5, 0.6) is 0 Å². The Morgan fingerprint density at radius 1 is 1.44 bits per heavy atom. The summed E-state index contributed by atoms with van der Waals surface area (Å²) in [5.74, 6) is 0.175. The lowest BCUT2D eigenvalue weighted by Gasteiger charge is -2.04. The molecule has 0 unspecified atom stereocenters. The molecule has 0 aliphatic carbocycles. The quantitative estimate of drug-likeness (QED) is 0.806. The molecule has 0 atom stereocenters.